The molecule has 1 unspecified atom stereocenters. The Balaban J connectivity index is 2.29. The fourth-order valence-corrected chi connectivity index (χ4v) is 2.65. The van der Waals surface area contributed by atoms with Gasteiger partial charge in [-0.15, -0.1) is 0 Å². The van der Waals surface area contributed by atoms with E-state index >= 15 is 0 Å². The van der Waals surface area contributed by atoms with Crippen LogP contribution >= 0.6 is 0 Å². The minimum atomic E-state index is 0.108. The average Bonchev–Trinajstić information content (AvgIpc) is 2.78. The molecule has 1 rings (SSSR count). The Hall–Kier alpha value is -0.610. The quantitative estimate of drug-likeness (QED) is 0.722. The van der Waals surface area contributed by atoms with E-state index in [1.807, 2.05) is 6.92 Å². The number of carbonyl (C=O) groups excluding carboxylic acids is 1. The number of nitrogens with one attached hydrogen (secondary N) is 2. The van der Waals surface area contributed by atoms with Crippen molar-refractivity contribution in [3.8, 4) is 0 Å². The van der Waals surface area contributed by atoms with Gasteiger partial charge in [0.25, 0.3) is 0 Å². The second-order valence-corrected chi connectivity index (χ2v) is 5.81. The van der Waals surface area contributed by atoms with E-state index in [2.05, 4.69) is 36.6 Å². The Morgan fingerprint density at radius 3 is 2.44 bits per heavy atom. The van der Waals surface area contributed by atoms with E-state index in [4.69, 9.17) is 0 Å². The number of rotatable bonds is 7. The maximum Gasteiger partial charge on any atom is 0.234 e. The van der Waals surface area contributed by atoms with Crippen molar-refractivity contribution in [3.05, 3.63) is 0 Å². The van der Waals surface area contributed by atoms with Gasteiger partial charge in [-0.25, -0.2) is 0 Å². The summed E-state index contributed by atoms with van der Waals surface area (Å²) >= 11 is 0. The molecule has 1 saturated carbocycles. The summed E-state index contributed by atoms with van der Waals surface area (Å²) in [6, 6.07) is 0.272. The zero-order chi connectivity index (χ0) is 13.6. The first-order chi connectivity index (χ1) is 8.50. The summed E-state index contributed by atoms with van der Waals surface area (Å²) in [5.74, 6) is 0.108. The smallest absolute Gasteiger partial charge is 0.234 e. The van der Waals surface area contributed by atoms with Gasteiger partial charge in [0, 0.05) is 18.1 Å². The Kier molecular flexibility index (Phi) is 6.09. The fraction of sp³-hybridized carbons (Fsp3) is 0.929. The number of amides is 1. The van der Waals surface area contributed by atoms with Crippen LogP contribution in [-0.2, 0) is 4.79 Å². The molecule has 0 aromatic rings. The molecule has 4 nitrogen and oxygen atoms in total. The van der Waals surface area contributed by atoms with Gasteiger partial charge < -0.3 is 15.5 Å². The fourth-order valence-electron chi connectivity index (χ4n) is 2.65. The molecule has 1 aliphatic carbocycles. The second kappa shape index (κ2) is 7.10. The molecule has 4 heteroatoms. The molecular formula is C14H29N3O. The predicted molar refractivity (Wildman–Crippen MR) is 75.7 cm³/mol. The molecule has 1 atom stereocenters. The second-order valence-electron chi connectivity index (χ2n) is 5.81. The molecule has 0 aliphatic heterocycles. The van der Waals surface area contributed by atoms with Crippen molar-refractivity contribution in [3.63, 3.8) is 0 Å². The van der Waals surface area contributed by atoms with Crippen molar-refractivity contribution in [2.45, 2.75) is 57.5 Å². The molecule has 0 spiro atoms. The summed E-state index contributed by atoms with van der Waals surface area (Å²) in [7, 11) is 4.29. The van der Waals surface area contributed by atoms with Crippen LogP contribution in [0, 0.1) is 0 Å². The molecule has 18 heavy (non-hydrogen) atoms. The highest BCUT2D eigenvalue weighted by atomic mass is 16.1. The van der Waals surface area contributed by atoms with Gasteiger partial charge in [0.05, 0.1) is 6.54 Å². The first-order valence-corrected chi connectivity index (χ1v) is 7.17. The number of nitrogens with zero attached hydrogens (tertiary/aromatic N) is 1. The molecule has 0 bridgehead atoms. The molecule has 1 amide bonds. The standard InChI is InChI=1S/C14H29N3O/c1-5-12(2)16-13(18)10-15-11-14(17(3)4)8-6-7-9-14/h12,15H,5-11H2,1-4H3,(H,16,18). The topological polar surface area (TPSA) is 44.4 Å². The van der Waals surface area contributed by atoms with Crippen molar-refractivity contribution in [1.29, 1.82) is 0 Å². The molecule has 1 aliphatic rings. The minimum Gasteiger partial charge on any atom is -0.353 e. The monoisotopic (exact) mass is 255 g/mol. The lowest BCUT2D eigenvalue weighted by Crippen LogP contribution is -2.51. The van der Waals surface area contributed by atoms with Crippen LogP contribution in [0.15, 0.2) is 0 Å². The van der Waals surface area contributed by atoms with Crippen molar-refractivity contribution in [2.24, 2.45) is 0 Å². The van der Waals surface area contributed by atoms with Gasteiger partial charge in [0.1, 0.15) is 0 Å². The van der Waals surface area contributed by atoms with Gasteiger partial charge in [-0.2, -0.15) is 0 Å². The van der Waals surface area contributed by atoms with Gasteiger partial charge in [0.2, 0.25) is 5.91 Å². The van der Waals surface area contributed by atoms with E-state index < -0.39 is 0 Å². The van der Waals surface area contributed by atoms with E-state index in [9.17, 15) is 4.79 Å². The molecule has 106 valence electrons. The molecule has 0 heterocycles. The maximum atomic E-state index is 11.7. The van der Waals surface area contributed by atoms with Gasteiger partial charge in [-0.1, -0.05) is 19.8 Å². The molecule has 1 fully saturated rings. The summed E-state index contributed by atoms with van der Waals surface area (Å²) < 4.78 is 0. The first-order valence-electron chi connectivity index (χ1n) is 7.17. The Labute approximate surface area is 111 Å². The number of hydrogen-bond acceptors (Lipinski definition) is 3. The van der Waals surface area contributed by atoms with Crippen molar-refractivity contribution in [2.75, 3.05) is 27.2 Å². The third kappa shape index (κ3) is 4.25. The van der Waals surface area contributed by atoms with Crippen LogP contribution in [-0.4, -0.2) is 49.6 Å². The van der Waals surface area contributed by atoms with Crippen molar-refractivity contribution in [1.82, 2.24) is 15.5 Å². The zero-order valence-corrected chi connectivity index (χ0v) is 12.4. The lowest BCUT2D eigenvalue weighted by atomic mass is 9.96. The summed E-state index contributed by atoms with van der Waals surface area (Å²) in [4.78, 5) is 14.0. The largest absolute Gasteiger partial charge is 0.353 e. The number of likely N-dealkylation sites (N-methyl/N-ethyl adjacent to an activating group) is 1. The molecule has 0 radical (unpaired) electrons. The average molecular weight is 255 g/mol. The van der Waals surface area contributed by atoms with Gasteiger partial charge >= 0.3 is 0 Å². The van der Waals surface area contributed by atoms with Gasteiger partial charge in [0.15, 0.2) is 0 Å². The van der Waals surface area contributed by atoms with E-state index in [0.717, 1.165) is 13.0 Å². The Bertz CT molecular complexity index is 260. The SMILES string of the molecule is CCC(C)NC(=O)CNCC1(N(C)C)CCCC1. The van der Waals surface area contributed by atoms with Crippen molar-refractivity contribution >= 4 is 5.91 Å². The third-order valence-electron chi connectivity index (χ3n) is 4.24. The normalized spacial score (nSPS) is 20.1. The van der Waals surface area contributed by atoms with Gasteiger partial charge in [-0.05, 0) is 40.3 Å². The van der Waals surface area contributed by atoms with Gasteiger partial charge in [-0.3, -0.25) is 4.79 Å². The molecule has 0 aromatic carbocycles. The molecular weight excluding hydrogens is 226 g/mol. The van der Waals surface area contributed by atoms with Crippen molar-refractivity contribution < 1.29 is 4.79 Å². The van der Waals surface area contributed by atoms with Crippen LogP contribution in [0.2, 0.25) is 0 Å². The summed E-state index contributed by atoms with van der Waals surface area (Å²) in [5, 5.41) is 6.31. The number of hydrogen-bond donors (Lipinski definition) is 2. The van der Waals surface area contributed by atoms with Crippen LogP contribution in [0.3, 0.4) is 0 Å². The Morgan fingerprint density at radius 1 is 1.33 bits per heavy atom. The van der Waals surface area contributed by atoms with E-state index in [-0.39, 0.29) is 17.5 Å². The van der Waals surface area contributed by atoms with E-state index in [1.165, 1.54) is 25.7 Å². The number of carbonyl (C=O) groups is 1. The third-order valence-corrected chi connectivity index (χ3v) is 4.24. The van der Waals surface area contributed by atoms with Crippen LogP contribution in [0.5, 0.6) is 0 Å². The molecule has 0 saturated heterocycles. The van der Waals surface area contributed by atoms with Crippen LogP contribution in [0.1, 0.15) is 46.0 Å². The highest BCUT2D eigenvalue weighted by molar-refractivity contribution is 5.78. The minimum absolute atomic E-state index is 0.108. The maximum absolute atomic E-state index is 11.7. The van der Waals surface area contributed by atoms with Crippen LogP contribution in [0.4, 0.5) is 0 Å². The lowest BCUT2D eigenvalue weighted by molar-refractivity contribution is -0.120. The molecule has 2 N–H and O–H groups in total. The van der Waals surface area contributed by atoms with E-state index in [0.29, 0.717) is 6.54 Å². The lowest BCUT2D eigenvalue weighted by Gasteiger charge is -2.36. The van der Waals surface area contributed by atoms with Crippen LogP contribution in [0.25, 0.3) is 0 Å². The van der Waals surface area contributed by atoms with E-state index in [1.54, 1.807) is 0 Å². The molecule has 0 aromatic heterocycles. The zero-order valence-electron chi connectivity index (χ0n) is 12.4. The first kappa shape index (κ1) is 15.4. The summed E-state index contributed by atoms with van der Waals surface area (Å²) in [5.41, 5.74) is 0.261. The highest BCUT2D eigenvalue weighted by Crippen LogP contribution is 2.32. The Morgan fingerprint density at radius 2 is 1.94 bits per heavy atom. The van der Waals surface area contributed by atoms with Crippen LogP contribution < -0.4 is 10.6 Å². The summed E-state index contributed by atoms with van der Waals surface area (Å²) in [6.07, 6.45) is 6.06. The predicted octanol–water partition coefficient (Wildman–Crippen LogP) is 1.37. The summed E-state index contributed by atoms with van der Waals surface area (Å²) in [6.45, 7) is 5.46. The highest BCUT2D eigenvalue weighted by Gasteiger charge is 2.35.